The summed E-state index contributed by atoms with van der Waals surface area (Å²) in [5.74, 6) is 0. The summed E-state index contributed by atoms with van der Waals surface area (Å²) in [6.45, 7) is 5.18. The zero-order valence-electron chi connectivity index (χ0n) is 12.2. The lowest BCUT2D eigenvalue weighted by atomic mass is 9.95. The second-order valence-electron chi connectivity index (χ2n) is 5.90. The van der Waals surface area contributed by atoms with Crippen LogP contribution in [-0.2, 0) is 9.47 Å². The average Bonchev–Trinajstić information content (AvgIpc) is 2.88. The molecule has 0 amide bonds. The van der Waals surface area contributed by atoms with Gasteiger partial charge in [0.05, 0.1) is 13.2 Å². The number of ether oxygens (including phenoxy) is 2. The summed E-state index contributed by atoms with van der Waals surface area (Å²) in [4.78, 5) is 5.12. The highest BCUT2D eigenvalue weighted by Crippen LogP contribution is 2.42. The molecule has 0 spiro atoms. The minimum Gasteiger partial charge on any atom is -0.383 e. The van der Waals surface area contributed by atoms with Crippen LogP contribution in [0, 0.1) is 0 Å². The van der Waals surface area contributed by atoms with E-state index in [2.05, 4.69) is 16.8 Å². The predicted octanol–water partition coefficient (Wildman–Crippen LogP) is 1.21. The van der Waals surface area contributed by atoms with Gasteiger partial charge in [-0.05, 0) is 39.3 Å². The molecule has 0 bridgehead atoms. The lowest BCUT2D eigenvalue weighted by Crippen LogP contribution is -2.48. The van der Waals surface area contributed by atoms with Crippen molar-refractivity contribution in [3.8, 4) is 0 Å². The van der Waals surface area contributed by atoms with E-state index in [4.69, 9.17) is 9.47 Å². The standard InChI is InChI=1S/C14H28N2O2/c1-15(9-10-17-2)11-13-5-7-14(12-18-3)6-4-8-16(13)14/h13H,4-12H2,1-3H3. The molecule has 2 atom stereocenters. The number of methoxy groups -OCH3 is 2. The van der Waals surface area contributed by atoms with Gasteiger partial charge < -0.3 is 14.4 Å². The van der Waals surface area contributed by atoms with Crippen molar-refractivity contribution >= 4 is 0 Å². The van der Waals surface area contributed by atoms with Crippen molar-refractivity contribution in [2.45, 2.75) is 37.3 Å². The molecule has 0 N–H and O–H groups in total. The lowest BCUT2D eigenvalue weighted by molar-refractivity contribution is 0.0419. The molecule has 2 unspecified atom stereocenters. The van der Waals surface area contributed by atoms with E-state index in [1.165, 1.54) is 32.2 Å². The Labute approximate surface area is 111 Å². The van der Waals surface area contributed by atoms with E-state index in [-0.39, 0.29) is 0 Å². The van der Waals surface area contributed by atoms with Crippen LogP contribution in [-0.4, -0.2) is 75.5 Å². The summed E-state index contributed by atoms with van der Waals surface area (Å²) in [5.41, 5.74) is 0.363. The zero-order chi connectivity index (χ0) is 13.0. The van der Waals surface area contributed by atoms with Crippen molar-refractivity contribution in [2.75, 3.05) is 54.1 Å². The smallest absolute Gasteiger partial charge is 0.0646 e. The first-order valence-corrected chi connectivity index (χ1v) is 7.15. The third-order valence-corrected chi connectivity index (χ3v) is 4.65. The van der Waals surface area contributed by atoms with Crippen LogP contribution >= 0.6 is 0 Å². The highest BCUT2D eigenvalue weighted by atomic mass is 16.5. The van der Waals surface area contributed by atoms with Gasteiger partial charge in [-0.15, -0.1) is 0 Å². The monoisotopic (exact) mass is 256 g/mol. The predicted molar refractivity (Wildman–Crippen MR) is 72.9 cm³/mol. The van der Waals surface area contributed by atoms with Crippen molar-refractivity contribution in [1.29, 1.82) is 0 Å². The number of likely N-dealkylation sites (N-methyl/N-ethyl adjacent to an activating group) is 1. The molecule has 0 aromatic heterocycles. The SMILES string of the molecule is COCCN(C)CC1CCC2(COC)CCCN12. The Balaban J connectivity index is 1.88. The van der Waals surface area contributed by atoms with E-state index < -0.39 is 0 Å². The molecule has 0 aromatic rings. The summed E-state index contributed by atoms with van der Waals surface area (Å²) in [6.07, 6.45) is 5.28. The first kappa shape index (κ1) is 14.3. The van der Waals surface area contributed by atoms with Crippen molar-refractivity contribution in [3.63, 3.8) is 0 Å². The molecule has 0 saturated carbocycles. The Morgan fingerprint density at radius 1 is 1.28 bits per heavy atom. The number of rotatable bonds is 7. The minimum atomic E-state index is 0.363. The van der Waals surface area contributed by atoms with Crippen LogP contribution in [0.5, 0.6) is 0 Å². The topological polar surface area (TPSA) is 24.9 Å². The fourth-order valence-corrected chi connectivity index (χ4v) is 3.77. The quantitative estimate of drug-likeness (QED) is 0.683. The number of hydrogen-bond acceptors (Lipinski definition) is 4. The van der Waals surface area contributed by atoms with E-state index >= 15 is 0 Å². The van der Waals surface area contributed by atoms with Gasteiger partial charge in [-0.2, -0.15) is 0 Å². The van der Waals surface area contributed by atoms with E-state index in [1.807, 2.05) is 7.11 Å². The molecule has 2 heterocycles. The Morgan fingerprint density at radius 3 is 2.83 bits per heavy atom. The third kappa shape index (κ3) is 2.87. The van der Waals surface area contributed by atoms with Crippen molar-refractivity contribution in [1.82, 2.24) is 9.80 Å². The molecule has 4 heteroatoms. The minimum absolute atomic E-state index is 0.363. The maximum Gasteiger partial charge on any atom is 0.0646 e. The van der Waals surface area contributed by atoms with E-state index in [0.29, 0.717) is 11.6 Å². The summed E-state index contributed by atoms with van der Waals surface area (Å²) < 4.78 is 10.6. The van der Waals surface area contributed by atoms with Gasteiger partial charge in [0, 0.05) is 38.9 Å². The first-order chi connectivity index (χ1) is 8.72. The van der Waals surface area contributed by atoms with Crippen LogP contribution in [0.1, 0.15) is 25.7 Å². The molecule has 0 aliphatic carbocycles. The normalized spacial score (nSPS) is 32.3. The largest absolute Gasteiger partial charge is 0.383 e. The Morgan fingerprint density at radius 2 is 2.11 bits per heavy atom. The molecule has 0 radical (unpaired) electrons. The Kier molecular flexibility index (Phi) is 5.01. The van der Waals surface area contributed by atoms with Crippen molar-refractivity contribution in [3.05, 3.63) is 0 Å². The van der Waals surface area contributed by atoms with E-state index in [1.54, 1.807) is 7.11 Å². The van der Waals surface area contributed by atoms with Crippen LogP contribution in [0.2, 0.25) is 0 Å². The molecule has 4 nitrogen and oxygen atoms in total. The van der Waals surface area contributed by atoms with Gasteiger partial charge in [-0.25, -0.2) is 0 Å². The highest BCUT2D eigenvalue weighted by molar-refractivity contribution is 5.04. The molecule has 2 saturated heterocycles. The van der Waals surface area contributed by atoms with Crippen LogP contribution in [0.25, 0.3) is 0 Å². The van der Waals surface area contributed by atoms with Crippen molar-refractivity contribution in [2.24, 2.45) is 0 Å². The molecule has 106 valence electrons. The molecule has 2 rings (SSSR count). The highest BCUT2D eigenvalue weighted by Gasteiger charge is 2.48. The van der Waals surface area contributed by atoms with E-state index in [0.717, 1.165) is 26.3 Å². The van der Waals surface area contributed by atoms with Crippen LogP contribution in [0.3, 0.4) is 0 Å². The van der Waals surface area contributed by atoms with Gasteiger partial charge in [-0.3, -0.25) is 4.90 Å². The van der Waals surface area contributed by atoms with Crippen LogP contribution < -0.4 is 0 Å². The fourth-order valence-electron chi connectivity index (χ4n) is 3.77. The lowest BCUT2D eigenvalue weighted by Gasteiger charge is -2.35. The molecule has 18 heavy (non-hydrogen) atoms. The maximum absolute atomic E-state index is 5.47. The summed E-state index contributed by atoms with van der Waals surface area (Å²) in [5, 5.41) is 0. The molecular formula is C14H28N2O2. The van der Waals surface area contributed by atoms with Gasteiger partial charge in [0.2, 0.25) is 0 Å². The van der Waals surface area contributed by atoms with Gasteiger partial charge in [0.15, 0.2) is 0 Å². The van der Waals surface area contributed by atoms with Gasteiger partial charge >= 0.3 is 0 Å². The zero-order valence-corrected chi connectivity index (χ0v) is 12.2. The van der Waals surface area contributed by atoms with Crippen molar-refractivity contribution < 1.29 is 9.47 Å². The molecule has 2 fully saturated rings. The summed E-state index contributed by atoms with van der Waals surface area (Å²) in [7, 11) is 5.81. The summed E-state index contributed by atoms with van der Waals surface area (Å²) >= 11 is 0. The van der Waals surface area contributed by atoms with E-state index in [9.17, 15) is 0 Å². The second kappa shape index (κ2) is 6.33. The maximum atomic E-state index is 5.47. The van der Waals surface area contributed by atoms with Gasteiger partial charge in [-0.1, -0.05) is 0 Å². The number of fused-ring (bicyclic) bond motifs is 1. The fraction of sp³-hybridized carbons (Fsp3) is 1.00. The molecule has 2 aliphatic rings. The third-order valence-electron chi connectivity index (χ3n) is 4.65. The molecule has 0 aromatic carbocycles. The average molecular weight is 256 g/mol. The number of nitrogens with zero attached hydrogens (tertiary/aromatic N) is 2. The molecular weight excluding hydrogens is 228 g/mol. The van der Waals surface area contributed by atoms with Gasteiger partial charge in [0.25, 0.3) is 0 Å². The summed E-state index contributed by atoms with van der Waals surface area (Å²) in [6, 6.07) is 0.713. The van der Waals surface area contributed by atoms with Crippen LogP contribution in [0.15, 0.2) is 0 Å². The van der Waals surface area contributed by atoms with Crippen LogP contribution in [0.4, 0.5) is 0 Å². The molecule has 2 aliphatic heterocycles. The number of hydrogen-bond donors (Lipinski definition) is 0. The second-order valence-corrected chi connectivity index (χ2v) is 5.90. The Hall–Kier alpha value is -0.160. The van der Waals surface area contributed by atoms with Gasteiger partial charge in [0.1, 0.15) is 0 Å². The first-order valence-electron chi connectivity index (χ1n) is 7.15. The Bertz CT molecular complexity index is 262.